The molecule has 1 aromatic heterocycles. The smallest absolute Gasteiger partial charge is 0.241 e. The number of likely N-dealkylation sites (tertiary alicyclic amines) is 1. The fourth-order valence-electron chi connectivity index (χ4n) is 3.38. The van der Waals surface area contributed by atoms with Gasteiger partial charge in [0.25, 0.3) is 0 Å². The lowest BCUT2D eigenvalue weighted by Crippen LogP contribution is -2.37. The standard InChI is InChI=1S/C21H20BrFN4O2/c22-16-7-5-14(6-8-16)20-25-19(29-26-20)13-27-11-9-15(10-12-27)21(28)24-18-4-2-1-3-17(18)23/h1-8,15H,9-13H2,(H,24,28). The molecule has 1 amide bonds. The van der Waals surface area contributed by atoms with Crippen molar-refractivity contribution < 1.29 is 13.7 Å². The van der Waals surface area contributed by atoms with Crippen molar-refractivity contribution >= 4 is 27.5 Å². The van der Waals surface area contributed by atoms with Crippen molar-refractivity contribution in [3.8, 4) is 11.4 Å². The van der Waals surface area contributed by atoms with Gasteiger partial charge in [-0.2, -0.15) is 4.98 Å². The molecule has 2 aromatic carbocycles. The van der Waals surface area contributed by atoms with Crippen molar-refractivity contribution in [2.24, 2.45) is 5.92 Å². The molecule has 0 bridgehead atoms. The summed E-state index contributed by atoms with van der Waals surface area (Å²) in [7, 11) is 0. The Morgan fingerprint density at radius 2 is 1.90 bits per heavy atom. The maximum atomic E-state index is 13.7. The number of anilines is 1. The van der Waals surface area contributed by atoms with Crippen LogP contribution in [0.3, 0.4) is 0 Å². The number of nitrogens with zero attached hydrogens (tertiary/aromatic N) is 3. The van der Waals surface area contributed by atoms with E-state index < -0.39 is 5.82 Å². The van der Waals surface area contributed by atoms with Crippen LogP contribution < -0.4 is 5.32 Å². The first-order chi connectivity index (χ1) is 14.1. The highest BCUT2D eigenvalue weighted by Crippen LogP contribution is 2.23. The predicted molar refractivity (Wildman–Crippen MR) is 110 cm³/mol. The van der Waals surface area contributed by atoms with Gasteiger partial charge in [0, 0.05) is 16.0 Å². The first-order valence-electron chi connectivity index (χ1n) is 9.45. The van der Waals surface area contributed by atoms with Crippen LogP contribution in [-0.2, 0) is 11.3 Å². The summed E-state index contributed by atoms with van der Waals surface area (Å²) in [5, 5.41) is 6.75. The topological polar surface area (TPSA) is 71.3 Å². The molecule has 0 spiro atoms. The monoisotopic (exact) mass is 458 g/mol. The van der Waals surface area contributed by atoms with E-state index in [-0.39, 0.29) is 17.5 Å². The highest BCUT2D eigenvalue weighted by Gasteiger charge is 2.26. The van der Waals surface area contributed by atoms with Crippen LogP contribution in [0.2, 0.25) is 0 Å². The van der Waals surface area contributed by atoms with Crippen molar-refractivity contribution in [1.82, 2.24) is 15.0 Å². The molecule has 4 rings (SSSR count). The fourth-order valence-corrected chi connectivity index (χ4v) is 3.64. The molecule has 1 aliphatic heterocycles. The quantitative estimate of drug-likeness (QED) is 0.609. The number of para-hydroxylation sites is 1. The molecule has 0 saturated carbocycles. The largest absolute Gasteiger partial charge is 0.338 e. The summed E-state index contributed by atoms with van der Waals surface area (Å²) in [6, 6.07) is 13.9. The normalized spacial score (nSPS) is 15.4. The molecule has 29 heavy (non-hydrogen) atoms. The van der Waals surface area contributed by atoms with Crippen LogP contribution in [-0.4, -0.2) is 34.0 Å². The first kappa shape index (κ1) is 19.7. The van der Waals surface area contributed by atoms with E-state index in [1.165, 1.54) is 6.07 Å². The molecule has 0 atom stereocenters. The minimum atomic E-state index is -0.420. The number of hydrogen-bond acceptors (Lipinski definition) is 5. The van der Waals surface area contributed by atoms with Crippen molar-refractivity contribution in [3.63, 3.8) is 0 Å². The Kier molecular flexibility index (Phi) is 6.01. The second-order valence-corrected chi connectivity index (χ2v) is 7.95. The molecular weight excluding hydrogens is 439 g/mol. The molecule has 1 aliphatic rings. The maximum Gasteiger partial charge on any atom is 0.241 e. The van der Waals surface area contributed by atoms with Crippen LogP contribution in [0, 0.1) is 11.7 Å². The number of benzene rings is 2. The fraction of sp³-hybridized carbons (Fsp3) is 0.286. The minimum absolute atomic E-state index is 0.133. The number of aromatic nitrogens is 2. The molecule has 0 aliphatic carbocycles. The number of carbonyl (C=O) groups excluding carboxylic acids is 1. The lowest BCUT2D eigenvalue weighted by Gasteiger charge is -2.30. The second-order valence-electron chi connectivity index (χ2n) is 7.04. The van der Waals surface area contributed by atoms with Gasteiger partial charge < -0.3 is 9.84 Å². The highest BCUT2D eigenvalue weighted by molar-refractivity contribution is 9.10. The Hall–Kier alpha value is -2.58. The SMILES string of the molecule is O=C(Nc1ccccc1F)C1CCN(Cc2nc(-c3ccc(Br)cc3)no2)CC1. The summed E-state index contributed by atoms with van der Waals surface area (Å²) in [5.74, 6) is 0.428. The summed E-state index contributed by atoms with van der Waals surface area (Å²) in [4.78, 5) is 19.1. The summed E-state index contributed by atoms with van der Waals surface area (Å²) in [6.07, 6.45) is 1.40. The van der Waals surface area contributed by atoms with Crippen molar-refractivity contribution in [1.29, 1.82) is 0 Å². The Morgan fingerprint density at radius 3 is 2.62 bits per heavy atom. The lowest BCUT2D eigenvalue weighted by atomic mass is 9.96. The predicted octanol–water partition coefficient (Wildman–Crippen LogP) is 4.49. The molecule has 1 fully saturated rings. The van der Waals surface area contributed by atoms with E-state index in [0.717, 1.165) is 23.1 Å². The minimum Gasteiger partial charge on any atom is -0.338 e. The van der Waals surface area contributed by atoms with Gasteiger partial charge in [-0.25, -0.2) is 4.39 Å². The number of rotatable bonds is 5. The van der Waals surface area contributed by atoms with E-state index in [1.54, 1.807) is 18.2 Å². The van der Waals surface area contributed by atoms with Gasteiger partial charge in [0.05, 0.1) is 12.2 Å². The first-order valence-corrected chi connectivity index (χ1v) is 10.2. The number of hydrogen-bond donors (Lipinski definition) is 1. The van der Waals surface area contributed by atoms with Gasteiger partial charge in [-0.1, -0.05) is 33.2 Å². The van der Waals surface area contributed by atoms with E-state index in [4.69, 9.17) is 4.52 Å². The molecule has 1 saturated heterocycles. The van der Waals surface area contributed by atoms with Crippen molar-refractivity contribution in [2.45, 2.75) is 19.4 Å². The van der Waals surface area contributed by atoms with Gasteiger partial charge in [-0.3, -0.25) is 9.69 Å². The third-order valence-electron chi connectivity index (χ3n) is 5.02. The molecule has 150 valence electrons. The Labute approximate surface area is 176 Å². The van der Waals surface area contributed by atoms with Crippen molar-refractivity contribution in [2.75, 3.05) is 18.4 Å². The highest BCUT2D eigenvalue weighted by atomic mass is 79.9. The molecular formula is C21H20BrFN4O2. The van der Waals surface area contributed by atoms with E-state index in [0.29, 0.717) is 31.1 Å². The number of piperidine rings is 1. The van der Waals surface area contributed by atoms with Gasteiger partial charge in [0.1, 0.15) is 5.82 Å². The van der Waals surface area contributed by atoms with Crippen LogP contribution in [0.25, 0.3) is 11.4 Å². The Bertz CT molecular complexity index is 984. The molecule has 8 heteroatoms. The molecule has 6 nitrogen and oxygen atoms in total. The number of amides is 1. The average Bonchev–Trinajstić information content (AvgIpc) is 3.19. The maximum absolute atomic E-state index is 13.7. The zero-order chi connectivity index (χ0) is 20.2. The molecule has 0 unspecified atom stereocenters. The van der Waals surface area contributed by atoms with E-state index >= 15 is 0 Å². The molecule has 0 radical (unpaired) electrons. The van der Waals surface area contributed by atoms with Gasteiger partial charge in [0.15, 0.2) is 0 Å². The van der Waals surface area contributed by atoms with Crippen LogP contribution in [0.1, 0.15) is 18.7 Å². The number of halogens is 2. The van der Waals surface area contributed by atoms with E-state index in [2.05, 4.69) is 36.3 Å². The summed E-state index contributed by atoms with van der Waals surface area (Å²) in [5.41, 5.74) is 1.12. The number of nitrogens with one attached hydrogen (secondary N) is 1. The average molecular weight is 459 g/mol. The van der Waals surface area contributed by atoms with Gasteiger partial charge in [-0.15, -0.1) is 0 Å². The van der Waals surface area contributed by atoms with Gasteiger partial charge >= 0.3 is 0 Å². The van der Waals surface area contributed by atoms with Crippen molar-refractivity contribution in [3.05, 3.63) is 64.7 Å². The summed E-state index contributed by atoms with van der Waals surface area (Å²) >= 11 is 3.41. The van der Waals surface area contributed by atoms with Gasteiger partial charge in [0.2, 0.25) is 17.6 Å². The molecule has 1 N–H and O–H groups in total. The lowest BCUT2D eigenvalue weighted by molar-refractivity contribution is -0.121. The van der Waals surface area contributed by atoms with E-state index in [1.807, 2.05) is 24.3 Å². The Morgan fingerprint density at radius 1 is 1.17 bits per heavy atom. The van der Waals surface area contributed by atoms with Gasteiger partial charge in [-0.05, 0) is 62.3 Å². The van der Waals surface area contributed by atoms with Crippen LogP contribution in [0.4, 0.5) is 10.1 Å². The van der Waals surface area contributed by atoms with Crippen LogP contribution >= 0.6 is 15.9 Å². The zero-order valence-corrected chi connectivity index (χ0v) is 17.2. The third kappa shape index (κ3) is 4.89. The van der Waals surface area contributed by atoms with E-state index in [9.17, 15) is 9.18 Å². The van der Waals surface area contributed by atoms with Crippen LogP contribution in [0.5, 0.6) is 0 Å². The summed E-state index contributed by atoms with van der Waals surface area (Å²) < 4.78 is 20.1. The Balaban J connectivity index is 1.29. The number of carbonyl (C=O) groups is 1. The molecule has 3 aromatic rings. The third-order valence-corrected chi connectivity index (χ3v) is 5.55. The second kappa shape index (κ2) is 8.84. The zero-order valence-electron chi connectivity index (χ0n) is 15.6. The summed E-state index contributed by atoms with van der Waals surface area (Å²) in [6.45, 7) is 2.03. The van der Waals surface area contributed by atoms with Crippen LogP contribution in [0.15, 0.2) is 57.5 Å². The molecule has 2 heterocycles.